The minimum absolute atomic E-state index is 0.00366. The largest absolute Gasteiger partial charge is 0.390 e. The Labute approximate surface area is 169 Å². The Hall–Kier alpha value is -1.74. The van der Waals surface area contributed by atoms with Crippen LogP contribution in [0.15, 0.2) is 9.90 Å². The number of aryl methyl sites for hydroxylation is 2. The summed E-state index contributed by atoms with van der Waals surface area (Å²) in [7, 11) is 3.89. The highest BCUT2D eigenvalue weighted by molar-refractivity contribution is 7.10. The van der Waals surface area contributed by atoms with Crippen LogP contribution < -0.4 is 0 Å². The SMILES string of the molecule is Cc1noc(C)c1CN1CCc2c(C(=O)N3C[C@H](O)[C@@H](N(C)C)C3)csc2C1. The number of hydrogen-bond donors (Lipinski definition) is 1. The van der Waals surface area contributed by atoms with E-state index in [2.05, 4.69) is 10.1 Å². The summed E-state index contributed by atoms with van der Waals surface area (Å²) in [5, 5.41) is 16.3. The second-order valence-corrected chi connectivity index (χ2v) is 9.09. The number of carbonyl (C=O) groups is 1. The van der Waals surface area contributed by atoms with Crippen molar-refractivity contribution in [2.24, 2.45) is 0 Å². The van der Waals surface area contributed by atoms with Crippen molar-refractivity contribution >= 4 is 17.2 Å². The molecule has 1 fully saturated rings. The molecule has 0 aromatic carbocycles. The Morgan fingerprint density at radius 2 is 2.18 bits per heavy atom. The summed E-state index contributed by atoms with van der Waals surface area (Å²) in [6, 6.07) is 0.00366. The average Bonchev–Trinajstić information content (AvgIpc) is 3.34. The van der Waals surface area contributed by atoms with Crippen molar-refractivity contribution < 1.29 is 14.4 Å². The van der Waals surface area contributed by atoms with Crippen LogP contribution in [0, 0.1) is 13.8 Å². The lowest BCUT2D eigenvalue weighted by Crippen LogP contribution is -2.38. The Kier molecular flexibility index (Phi) is 5.30. The van der Waals surface area contributed by atoms with Crippen LogP contribution in [0.3, 0.4) is 0 Å². The van der Waals surface area contributed by atoms with Gasteiger partial charge in [-0.2, -0.15) is 0 Å². The first-order valence-corrected chi connectivity index (χ1v) is 10.6. The van der Waals surface area contributed by atoms with Gasteiger partial charge in [-0.25, -0.2) is 0 Å². The van der Waals surface area contributed by atoms with E-state index in [-0.39, 0.29) is 11.9 Å². The fourth-order valence-corrected chi connectivity index (χ4v) is 5.37. The van der Waals surface area contributed by atoms with Gasteiger partial charge in [0.2, 0.25) is 0 Å². The fraction of sp³-hybridized carbons (Fsp3) is 0.600. The van der Waals surface area contributed by atoms with Crippen LogP contribution in [0.1, 0.15) is 37.8 Å². The van der Waals surface area contributed by atoms with Gasteiger partial charge in [0.05, 0.1) is 23.4 Å². The molecule has 152 valence electrons. The molecule has 0 unspecified atom stereocenters. The normalized spacial score (nSPS) is 22.9. The zero-order chi connectivity index (χ0) is 20.0. The van der Waals surface area contributed by atoms with E-state index in [0.717, 1.165) is 48.6 Å². The van der Waals surface area contributed by atoms with Crippen LogP contribution in [0.25, 0.3) is 0 Å². The van der Waals surface area contributed by atoms with Gasteiger partial charge >= 0.3 is 0 Å². The first-order chi connectivity index (χ1) is 13.3. The van der Waals surface area contributed by atoms with Crippen molar-refractivity contribution in [1.82, 2.24) is 19.9 Å². The van der Waals surface area contributed by atoms with Crippen LogP contribution in [-0.2, 0) is 19.5 Å². The number of fused-ring (bicyclic) bond motifs is 1. The molecule has 4 heterocycles. The van der Waals surface area contributed by atoms with Gasteiger partial charge in [0.15, 0.2) is 0 Å². The zero-order valence-corrected chi connectivity index (χ0v) is 17.8. The lowest BCUT2D eigenvalue weighted by molar-refractivity contribution is 0.0762. The molecular formula is C20H28N4O3S. The van der Waals surface area contributed by atoms with Crippen LogP contribution in [0.2, 0.25) is 0 Å². The zero-order valence-electron chi connectivity index (χ0n) is 16.9. The van der Waals surface area contributed by atoms with Gasteiger partial charge in [0.25, 0.3) is 5.91 Å². The number of aliphatic hydroxyl groups is 1. The van der Waals surface area contributed by atoms with E-state index in [1.165, 1.54) is 10.4 Å². The minimum atomic E-state index is -0.487. The monoisotopic (exact) mass is 404 g/mol. The third-order valence-electron chi connectivity index (χ3n) is 6.03. The van der Waals surface area contributed by atoms with E-state index < -0.39 is 6.10 Å². The molecule has 0 saturated carbocycles. The average molecular weight is 405 g/mol. The quantitative estimate of drug-likeness (QED) is 0.836. The molecule has 2 aromatic rings. The lowest BCUT2D eigenvalue weighted by Gasteiger charge is -2.27. The summed E-state index contributed by atoms with van der Waals surface area (Å²) in [6.07, 6.45) is 0.385. The summed E-state index contributed by atoms with van der Waals surface area (Å²) < 4.78 is 5.28. The van der Waals surface area contributed by atoms with E-state index in [1.807, 2.05) is 38.2 Å². The minimum Gasteiger partial charge on any atom is -0.390 e. The predicted molar refractivity (Wildman–Crippen MR) is 107 cm³/mol. The van der Waals surface area contributed by atoms with Gasteiger partial charge in [-0.1, -0.05) is 5.16 Å². The number of likely N-dealkylation sites (tertiary alicyclic amines) is 1. The van der Waals surface area contributed by atoms with E-state index in [4.69, 9.17) is 4.52 Å². The smallest absolute Gasteiger partial charge is 0.255 e. The Morgan fingerprint density at radius 3 is 2.82 bits per heavy atom. The highest BCUT2D eigenvalue weighted by Gasteiger charge is 2.37. The molecule has 2 aliphatic rings. The number of thiophene rings is 1. The molecule has 2 atom stereocenters. The molecule has 7 nitrogen and oxygen atoms in total. The van der Waals surface area contributed by atoms with Crippen molar-refractivity contribution in [3.8, 4) is 0 Å². The van der Waals surface area contributed by atoms with E-state index in [9.17, 15) is 9.90 Å². The number of nitrogens with zero attached hydrogens (tertiary/aromatic N) is 4. The number of aromatic nitrogens is 1. The molecule has 0 radical (unpaired) electrons. The third kappa shape index (κ3) is 3.50. The maximum Gasteiger partial charge on any atom is 0.255 e. The molecule has 2 aliphatic heterocycles. The number of aliphatic hydroxyl groups excluding tert-OH is 1. The van der Waals surface area contributed by atoms with Gasteiger partial charge in [-0.15, -0.1) is 11.3 Å². The van der Waals surface area contributed by atoms with Crippen molar-refractivity contribution in [2.75, 3.05) is 33.7 Å². The third-order valence-corrected chi connectivity index (χ3v) is 7.04. The van der Waals surface area contributed by atoms with Crippen molar-refractivity contribution in [3.05, 3.63) is 38.4 Å². The second-order valence-electron chi connectivity index (χ2n) is 8.12. The Bertz CT molecular complexity index is 855. The maximum atomic E-state index is 13.1. The topological polar surface area (TPSA) is 73.0 Å². The van der Waals surface area contributed by atoms with Gasteiger partial charge in [-0.05, 0) is 39.9 Å². The van der Waals surface area contributed by atoms with Gasteiger partial charge in [-0.3, -0.25) is 9.69 Å². The molecular weight excluding hydrogens is 376 g/mol. The summed E-state index contributed by atoms with van der Waals surface area (Å²) in [4.78, 5) is 20.5. The molecule has 0 aliphatic carbocycles. The number of hydrogen-bond acceptors (Lipinski definition) is 7. The predicted octanol–water partition coefficient (Wildman–Crippen LogP) is 1.66. The van der Waals surface area contributed by atoms with Crippen LogP contribution in [-0.4, -0.2) is 76.7 Å². The Balaban J connectivity index is 1.46. The van der Waals surface area contributed by atoms with Crippen molar-refractivity contribution in [3.63, 3.8) is 0 Å². The van der Waals surface area contributed by atoms with Crippen molar-refractivity contribution in [1.29, 1.82) is 0 Å². The van der Waals surface area contributed by atoms with E-state index in [1.54, 1.807) is 16.2 Å². The first-order valence-electron chi connectivity index (χ1n) is 9.72. The molecule has 1 amide bonds. The maximum absolute atomic E-state index is 13.1. The Morgan fingerprint density at radius 1 is 1.39 bits per heavy atom. The lowest BCUT2D eigenvalue weighted by atomic mass is 10.0. The molecule has 1 saturated heterocycles. The highest BCUT2D eigenvalue weighted by atomic mass is 32.1. The van der Waals surface area contributed by atoms with Crippen molar-refractivity contribution in [2.45, 2.75) is 45.5 Å². The van der Waals surface area contributed by atoms with Gasteiger partial charge in [0, 0.05) is 48.5 Å². The second kappa shape index (κ2) is 7.59. The van der Waals surface area contributed by atoms with Crippen LogP contribution in [0.4, 0.5) is 0 Å². The summed E-state index contributed by atoms with van der Waals surface area (Å²) >= 11 is 1.67. The number of amides is 1. The number of β-amino-alcohol motifs (C(OH)–C–C–N with tert-alkyl or cyclic N) is 1. The molecule has 0 bridgehead atoms. The summed E-state index contributed by atoms with van der Waals surface area (Å²) in [5.74, 6) is 0.938. The summed E-state index contributed by atoms with van der Waals surface area (Å²) in [5.41, 5.74) is 4.13. The van der Waals surface area contributed by atoms with E-state index >= 15 is 0 Å². The number of likely N-dealkylation sites (N-methyl/N-ethyl adjacent to an activating group) is 1. The molecule has 28 heavy (non-hydrogen) atoms. The molecule has 0 spiro atoms. The molecule has 2 aromatic heterocycles. The number of carbonyl (C=O) groups excluding carboxylic acids is 1. The van der Waals surface area contributed by atoms with Gasteiger partial charge in [0.1, 0.15) is 5.76 Å². The van der Waals surface area contributed by atoms with Crippen LogP contribution in [0.5, 0.6) is 0 Å². The van der Waals surface area contributed by atoms with Gasteiger partial charge < -0.3 is 19.4 Å². The number of rotatable bonds is 4. The van der Waals surface area contributed by atoms with E-state index in [0.29, 0.717) is 13.1 Å². The summed E-state index contributed by atoms with van der Waals surface area (Å²) in [6.45, 7) is 7.51. The fourth-order valence-electron chi connectivity index (χ4n) is 4.26. The highest BCUT2D eigenvalue weighted by Crippen LogP contribution is 2.31. The standard InChI is InChI=1S/C20H28N4O3S/c1-12-15(13(2)27-21-12)7-23-6-5-14-16(11-28-19(14)10-23)20(26)24-8-17(22(3)4)18(25)9-24/h11,17-18,25H,5-10H2,1-4H3/t17-,18-/m0/s1. The molecule has 8 heteroatoms. The molecule has 1 N–H and O–H groups in total. The van der Waals surface area contributed by atoms with Crippen LogP contribution >= 0.6 is 11.3 Å². The first kappa shape index (κ1) is 19.6. The molecule has 4 rings (SSSR count).